The second-order valence-electron chi connectivity index (χ2n) is 8.80. The summed E-state index contributed by atoms with van der Waals surface area (Å²) in [6, 6.07) is 15.0. The smallest absolute Gasteiger partial charge is 0.416 e. The van der Waals surface area contributed by atoms with Crippen LogP contribution >= 0.6 is 11.6 Å². The summed E-state index contributed by atoms with van der Waals surface area (Å²) in [5.41, 5.74) is 0.684. The van der Waals surface area contributed by atoms with Gasteiger partial charge in [0.2, 0.25) is 0 Å². The number of aryl methyl sites for hydroxylation is 1. The van der Waals surface area contributed by atoms with Crippen LogP contribution in [0.4, 0.5) is 23.2 Å². The predicted molar refractivity (Wildman–Crippen MR) is 129 cm³/mol. The van der Waals surface area contributed by atoms with Crippen LogP contribution in [-0.4, -0.2) is 17.8 Å². The quantitative estimate of drug-likeness (QED) is 0.302. The summed E-state index contributed by atoms with van der Waals surface area (Å²) in [5.74, 6) is 0.384. The molecule has 1 saturated carbocycles. The first-order valence-electron chi connectivity index (χ1n) is 11.5. The molecule has 1 fully saturated rings. The molecule has 0 aromatic heterocycles. The number of aliphatic hydroxyl groups is 1. The van der Waals surface area contributed by atoms with Gasteiger partial charge in [0.05, 0.1) is 11.7 Å². The van der Waals surface area contributed by atoms with Crippen LogP contribution in [0.1, 0.15) is 36.5 Å². The molecule has 8 heteroatoms. The predicted octanol–water partition coefficient (Wildman–Crippen LogP) is 7.63. The average Bonchev–Trinajstić information content (AvgIpc) is 3.66. The molecule has 0 amide bonds. The van der Waals surface area contributed by atoms with E-state index in [-0.39, 0.29) is 24.6 Å². The van der Waals surface area contributed by atoms with Crippen molar-refractivity contribution in [1.82, 2.24) is 0 Å². The molecule has 1 atom stereocenters. The van der Waals surface area contributed by atoms with Gasteiger partial charge in [-0.25, -0.2) is 4.39 Å². The molecule has 0 saturated heterocycles. The lowest BCUT2D eigenvalue weighted by atomic mass is 10.1. The minimum Gasteiger partial charge on any atom is -0.457 e. The summed E-state index contributed by atoms with van der Waals surface area (Å²) in [6.07, 6.45) is -2.65. The summed E-state index contributed by atoms with van der Waals surface area (Å²) < 4.78 is 59.5. The Labute approximate surface area is 206 Å². The zero-order valence-corrected chi connectivity index (χ0v) is 19.9. The SMILES string of the molecule is CCc1cc(Oc2cccc(N(Cc3ccc(C(F)(F)F)cc3F)CC(O)C3CC3)c2)ccc1Cl. The van der Waals surface area contributed by atoms with E-state index < -0.39 is 23.7 Å². The molecule has 3 nitrogen and oxygen atoms in total. The minimum atomic E-state index is -4.62. The van der Waals surface area contributed by atoms with Crippen LogP contribution in [-0.2, 0) is 19.1 Å². The lowest BCUT2D eigenvalue weighted by Gasteiger charge is -2.28. The third kappa shape index (κ3) is 6.47. The number of rotatable bonds is 9. The van der Waals surface area contributed by atoms with Gasteiger partial charge in [0.25, 0.3) is 0 Å². The number of hydrogen-bond acceptors (Lipinski definition) is 3. The fraction of sp³-hybridized carbons (Fsp3) is 0.333. The van der Waals surface area contributed by atoms with Gasteiger partial charge >= 0.3 is 6.18 Å². The Balaban J connectivity index is 1.59. The van der Waals surface area contributed by atoms with Gasteiger partial charge < -0.3 is 14.7 Å². The van der Waals surface area contributed by atoms with Crippen LogP contribution in [0.25, 0.3) is 0 Å². The van der Waals surface area contributed by atoms with Crippen LogP contribution in [0.15, 0.2) is 60.7 Å². The Kier molecular flexibility index (Phi) is 7.57. The maximum absolute atomic E-state index is 14.6. The zero-order chi connectivity index (χ0) is 25.2. The van der Waals surface area contributed by atoms with E-state index in [0.717, 1.165) is 37.0 Å². The summed E-state index contributed by atoms with van der Waals surface area (Å²) >= 11 is 6.19. The first-order valence-corrected chi connectivity index (χ1v) is 11.9. The van der Waals surface area contributed by atoms with Crippen LogP contribution in [0.3, 0.4) is 0 Å². The molecule has 1 aliphatic carbocycles. The molecular formula is C27H26ClF4NO2. The van der Waals surface area contributed by atoms with Crippen molar-refractivity contribution >= 4 is 17.3 Å². The van der Waals surface area contributed by atoms with Gasteiger partial charge in [-0.05, 0) is 73.2 Å². The standard InChI is InChI=1S/C27H26ClF4NO2/c1-2-17-12-23(10-11-24(17)28)35-22-5-3-4-21(14-22)33(16-26(34)18-6-7-18)15-19-8-9-20(13-25(19)29)27(30,31)32/h3-5,8-14,18,26,34H,2,6-7,15-16H2,1H3. The summed E-state index contributed by atoms with van der Waals surface area (Å²) in [7, 11) is 0. The van der Waals surface area contributed by atoms with Gasteiger partial charge in [0.15, 0.2) is 0 Å². The largest absolute Gasteiger partial charge is 0.457 e. The van der Waals surface area contributed by atoms with E-state index in [4.69, 9.17) is 16.3 Å². The molecule has 0 heterocycles. The Morgan fingerprint density at radius 2 is 1.77 bits per heavy atom. The van der Waals surface area contributed by atoms with Crippen molar-refractivity contribution in [2.24, 2.45) is 5.92 Å². The lowest BCUT2D eigenvalue weighted by molar-refractivity contribution is -0.137. The molecular weight excluding hydrogens is 482 g/mol. The fourth-order valence-electron chi connectivity index (χ4n) is 3.94. The second-order valence-corrected chi connectivity index (χ2v) is 9.20. The van der Waals surface area contributed by atoms with Crippen molar-refractivity contribution in [3.8, 4) is 11.5 Å². The van der Waals surface area contributed by atoms with E-state index in [1.807, 2.05) is 13.0 Å². The van der Waals surface area contributed by atoms with E-state index >= 15 is 0 Å². The van der Waals surface area contributed by atoms with Gasteiger partial charge in [-0.15, -0.1) is 0 Å². The fourth-order valence-corrected chi connectivity index (χ4v) is 4.19. The molecule has 4 rings (SSSR count). The summed E-state index contributed by atoms with van der Waals surface area (Å²) in [6.45, 7) is 2.21. The number of alkyl halides is 3. The number of ether oxygens (including phenoxy) is 1. The topological polar surface area (TPSA) is 32.7 Å². The minimum absolute atomic E-state index is 0.00185. The molecule has 35 heavy (non-hydrogen) atoms. The number of aliphatic hydroxyl groups excluding tert-OH is 1. The van der Waals surface area contributed by atoms with Gasteiger partial charge in [-0.2, -0.15) is 13.2 Å². The first kappa shape index (κ1) is 25.3. The molecule has 0 bridgehead atoms. The number of nitrogens with zero attached hydrogens (tertiary/aromatic N) is 1. The monoisotopic (exact) mass is 507 g/mol. The highest BCUT2D eigenvalue weighted by Crippen LogP contribution is 2.35. The van der Waals surface area contributed by atoms with Crippen molar-refractivity contribution in [1.29, 1.82) is 0 Å². The highest BCUT2D eigenvalue weighted by molar-refractivity contribution is 6.31. The Morgan fingerprint density at radius 1 is 1.03 bits per heavy atom. The van der Waals surface area contributed by atoms with E-state index in [1.54, 1.807) is 41.3 Å². The third-order valence-electron chi connectivity index (χ3n) is 6.13. The van der Waals surface area contributed by atoms with E-state index in [2.05, 4.69) is 0 Å². The molecule has 3 aromatic rings. The van der Waals surface area contributed by atoms with Crippen molar-refractivity contribution in [2.45, 2.75) is 45.0 Å². The van der Waals surface area contributed by atoms with Crippen LogP contribution in [0.2, 0.25) is 5.02 Å². The highest BCUT2D eigenvalue weighted by atomic mass is 35.5. The molecule has 0 spiro atoms. The van der Waals surface area contributed by atoms with Crippen LogP contribution < -0.4 is 9.64 Å². The maximum atomic E-state index is 14.6. The van der Waals surface area contributed by atoms with Crippen LogP contribution in [0.5, 0.6) is 11.5 Å². The molecule has 3 aromatic carbocycles. The third-order valence-corrected chi connectivity index (χ3v) is 6.50. The molecule has 0 radical (unpaired) electrons. The normalized spacial score (nSPS) is 14.6. The van der Waals surface area contributed by atoms with E-state index in [0.29, 0.717) is 28.3 Å². The van der Waals surface area contributed by atoms with Gasteiger partial charge in [-0.3, -0.25) is 0 Å². The van der Waals surface area contributed by atoms with Crippen molar-refractivity contribution < 1.29 is 27.4 Å². The van der Waals surface area contributed by atoms with Crippen LogP contribution in [0, 0.1) is 11.7 Å². The van der Waals surface area contributed by atoms with Gasteiger partial charge in [-0.1, -0.05) is 30.7 Å². The van der Waals surface area contributed by atoms with E-state index in [1.165, 1.54) is 0 Å². The van der Waals surface area contributed by atoms with Crippen molar-refractivity contribution in [2.75, 3.05) is 11.4 Å². The summed E-state index contributed by atoms with van der Waals surface area (Å²) in [4.78, 5) is 1.76. The number of benzene rings is 3. The van der Waals surface area contributed by atoms with Gasteiger partial charge in [0, 0.05) is 35.4 Å². The highest BCUT2D eigenvalue weighted by Gasteiger charge is 2.33. The molecule has 0 aliphatic heterocycles. The molecule has 1 aliphatic rings. The molecule has 186 valence electrons. The van der Waals surface area contributed by atoms with Crippen molar-refractivity contribution in [3.63, 3.8) is 0 Å². The maximum Gasteiger partial charge on any atom is 0.416 e. The number of hydrogen-bond donors (Lipinski definition) is 1. The van der Waals surface area contributed by atoms with E-state index in [9.17, 15) is 22.7 Å². The number of halogens is 5. The Morgan fingerprint density at radius 3 is 2.43 bits per heavy atom. The van der Waals surface area contributed by atoms with Gasteiger partial charge in [0.1, 0.15) is 17.3 Å². The molecule has 1 N–H and O–H groups in total. The van der Waals surface area contributed by atoms with Crippen molar-refractivity contribution in [3.05, 3.63) is 88.2 Å². The first-order chi connectivity index (χ1) is 16.6. The Hall–Kier alpha value is -2.77. The Bertz CT molecular complexity index is 1180. The lowest BCUT2D eigenvalue weighted by Crippen LogP contribution is -2.33. The molecule has 1 unspecified atom stereocenters. The zero-order valence-electron chi connectivity index (χ0n) is 19.2. The second kappa shape index (κ2) is 10.5. The summed E-state index contributed by atoms with van der Waals surface area (Å²) in [5, 5.41) is 11.2. The number of anilines is 1. The average molecular weight is 508 g/mol.